The van der Waals surface area contributed by atoms with Gasteiger partial charge in [0.2, 0.25) is 0 Å². The summed E-state index contributed by atoms with van der Waals surface area (Å²) in [6, 6.07) is 2.13. The molecule has 11 heavy (non-hydrogen) atoms. The molecule has 1 saturated heterocycles. The predicted molar refractivity (Wildman–Crippen MR) is 41.9 cm³/mol. The topological polar surface area (TPSA) is 47.3 Å². The van der Waals surface area contributed by atoms with Crippen molar-refractivity contribution in [2.75, 3.05) is 26.2 Å². The Hall–Kier alpha value is -0.590. The lowest BCUT2D eigenvalue weighted by atomic mass is 9.99. The number of rotatable bonds is 2. The summed E-state index contributed by atoms with van der Waals surface area (Å²) >= 11 is 0. The van der Waals surface area contributed by atoms with Crippen LogP contribution in [-0.4, -0.2) is 36.2 Å². The average Bonchev–Trinajstić information content (AvgIpc) is 2.06. The molecule has 1 N–H and O–H groups in total. The molecule has 1 atom stereocenters. The summed E-state index contributed by atoms with van der Waals surface area (Å²) in [6.45, 7) is 2.69. The fraction of sp³-hybridized carbons (Fsp3) is 0.875. The quantitative estimate of drug-likeness (QED) is 0.578. The van der Waals surface area contributed by atoms with Crippen LogP contribution in [-0.2, 0) is 0 Å². The highest BCUT2D eigenvalue weighted by atomic mass is 16.3. The fourth-order valence-corrected chi connectivity index (χ4v) is 1.54. The van der Waals surface area contributed by atoms with Crippen LogP contribution in [0.2, 0.25) is 0 Å². The summed E-state index contributed by atoms with van der Waals surface area (Å²) in [4.78, 5) is 2.10. The summed E-state index contributed by atoms with van der Waals surface area (Å²) in [6.07, 6.45) is 2.23. The van der Waals surface area contributed by atoms with E-state index in [4.69, 9.17) is 10.4 Å². The minimum absolute atomic E-state index is 0.266. The lowest BCUT2D eigenvalue weighted by Crippen LogP contribution is -2.36. The van der Waals surface area contributed by atoms with Crippen molar-refractivity contribution in [3.05, 3.63) is 0 Å². The van der Waals surface area contributed by atoms with Gasteiger partial charge in [-0.25, -0.2) is 0 Å². The zero-order valence-corrected chi connectivity index (χ0v) is 6.66. The molecule has 1 fully saturated rings. The third-order valence-electron chi connectivity index (χ3n) is 2.16. The zero-order valence-electron chi connectivity index (χ0n) is 6.66. The smallest absolute Gasteiger partial charge is 0.0866 e. The highest BCUT2D eigenvalue weighted by Crippen LogP contribution is 2.14. The van der Waals surface area contributed by atoms with E-state index in [1.165, 1.54) is 0 Å². The Labute approximate surface area is 67.2 Å². The van der Waals surface area contributed by atoms with Crippen LogP contribution in [0.5, 0.6) is 0 Å². The van der Waals surface area contributed by atoms with Crippen LogP contribution in [0.1, 0.15) is 12.8 Å². The molecule has 0 aliphatic carbocycles. The third kappa shape index (κ3) is 2.49. The van der Waals surface area contributed by atoms with E-state index >= 15 is 0 Å². The first-order valence-corrected chi connectivity index (χ1v) is 4.07. The summed E-state index contributed by atoms with van der Waals surface area (Å²) in [7, 11) is 0. The Morgan fingerprint density at radius 3 is 3.09 bits per heavy atom. The van der Waals surface area contributed by atoms with Gasteiger partial charge >= 0.3 is 0 Å². The van der Waals surface area contributed by atoms with E-state index < -0.39 is 0 Å². The van der Waals surface area contributed by atoms with E-state index in [-0.39, 0.29) is 6.61 Å². The lowest BCUT2D eigenvalue weighted by molar-refractivity contribution is 0.130. The molecule has 0 spiro atoms. The minimum Gasteiger partial charge on any atom is -0.396 e. The average molecular weight is 154 g/mol. The van der Waals surface area contributed by atoms with Crippen molar-refractivity contribution in [2.24, 2.45) is 5.92 Å². The van der Waals surface area contributed by atoms with Crippen molar-refractivity contribution >= 4 is 0 Å². The van der Waals surface area contributed by atoms with Crippen LogP contribution in [0, 0.1) is 17.2 Å². The number of hydrogen-bond acceptors (Lipinski definition) is 3. The van der Waals surface area contributed by atoms with Gasteiger partial charge in [-0.05, 0) is 25.3 Å². The van der Waals surface area contributed by atoms with Crippen LogP contribution in [0.15, 0.2) is 0 Å². The second-order valence-electron chi connectivity index (χ2n) is 3.08. The van der Waals surface area contributed by atoms with Crippen molar-refractivity contribution < 1.29 is 5.11 Å². The number of likely N-dealkylation sites (tertiary alicyclic amines) is 1. The molecule has 1 aliphatic heterocycles. The van der Waals surface area contributed by atoms with E-state index in [2.05, 4.69) is 11.0 Å². The second-order valence-corrected chi connectivity index (χ2v) is 3.08. The van der Waals surface area contributed by atoms with Gasteiger partial charge in [0.1, 0.15) is 0 Å². The summed E-state index contributed by atoms with van der Waals surface area (Å²) < 4.78 is 0. The number of nitriles is 1. The van der Waals surface area contributed by atoms with Crippen molar-refractivity contribution in [1.82, 2.24) is 4.90 Å². The van der Waals surface area contributed by atoms with Crippen LogP contribution in [0.4, 0.5) is 0 Å². The van der Waals surface area contributed by atoms with Crippen LogP contribution in [0.25, 0.3) is 0 Å². The van der Waals surface area contributed by atoms with Gasteiger partial charge in [-0.2, -0.15) is 5.26 Å². The Kier molecular flexibility index (Phi) is 3.34. The molecule has 0 bridgehead atoms. The van der Waals surface area contributed by atoms with E-state index in [1.807, 2.05) is 0 Å². The molecule has 0 aromatic heterocycles. The second kappa shape index (κ2) is 4.32. The largest absolute Gasteiger partial charge is 0.396 e. The molecular formula is C8H14N2O. The summed E-state index contributed by atoms with van der Waals surface area (Å²) in [5, 5.41) is 17.3. The van der Waals surface area contributed by atoms with Crippen molar-refractivity contribution in [3.8, 4) is 6.07 Å². The first-order chi connectivity index (χ1) is 5.36. The van der Waals surface area contributed by atoms with E-state index in [9.17, 15) is 0 Å². The van der Waals surface area contributed by atoms with Crippen LogP contribution >= 0.6 is 0 Å². The van der Waals surface area contributed by atoms with Crippen molar-refractivity contribution in [1.29, 1.82) is 5.26 Å². The number of nitrogens with zero attached hydrogens (tertiary/aromatic N) is 2. The van der Waals surface area contributed by atoms with Crippen LogP contribution in [0.3, 0.4) is 0 Å². The van der Waals surface area contributed by atoms with E-state index in [0.29, 0.717) is 12.5 Å². The number of aliphatic hydroxyl groups excluding tert-OH is 1. The maximum atomic E-state index is 8.87. The first kappa shape index (κ1) is 8.51. The molecule has 0 radical (unpaired) electrons. The Morgan fingerprint density at radius 2 is 2.45 bits per heavy atom. The lowest BCUT2D eigenvalue weighted by Gasteiger charge is -2.29. The molecule has 1 heterocycles. The first-order valence-electron chi connectivity index (χ1n) is 4.07. The van der Waals surface area contributed by atoms with Crippen LogP contribution < -0.4 is 0 Å². The standard InChI is InChI=1S/C8H14N2O/c9-3-5-10-4-1-2-8(6-10)7-11/h8,11H,1-2,4-7H2/t8-/m1/s1. The zero-order chi connectivity index (χ0) is 8.10. The summed E-state index contributed by atoms with van der Waals surface area (Å²) in [5.74, 6) is 0.400. The monoisotopic (exact) mass is 154 g/mol. The van der Waals surface area contributed by atoms with E-state index in [1.54, 1.807) is 0 Å². The van der Waals surface area contributed by atoms with Gasteiger partial charge in [0.15, 0.2) is 0 Å². The molecule has 1 aliphatic rings. The Morgan fingerprint density at radius 1 is 1.64 bits per heavy atom. The predicted octanol–water partition coefficient (Wildman–Crippen LogP) is 0.214. The third-order valence-corrected chi connectivity index (χ3v) is 2.16. The molecule has 0 aromatic carbocycles. The van der Waals surface area contributed by atoms with Gasteiger partial charge in [0, 0.05) is 13.2 Å². The number of hydrogen-bond donors (Lipinski definition) is 1. The molecule has 0 aromatic rings. The maximum Gasteiger partial charge on any atom is 0.0866 e. The maximum absolute atomic E-state index is 8.87. The molecule has 62 valence electrons. The van der Waals surface area contributed by atoms with Crippen molar-refractivity contribution in [2.45, 2.75) is 12.8 Å². The van der Waals surface area contributed by atoms with Gasteiger partial charge < -0.3 is 5.11 Å². The minimum atomic E-state index is 0.266. The van der Waals surface area contributed by atoms with Gasteiger partial charge in [0.25, 0.3) is 0 Å². The number of aliphatic hydroxyl groups is 1. The fourth-order valence-electron chi connectivity index (χ4n) is 1.54. The molecule has 0 unspecified atom stereocenters. The molecule has 1 rings (SSSR count). The van der Waals surface area contributed by atoms with Gasteiger partial charge in [-0.15, -0.1) is 0 Å². The molecule has 0 amide bonds. The highest BCUT2D eigenvalue weighted by molar-refractivity contribution is 4.80. The Balaban J connectivity index is 2.28. The van der Waals surface area contributed by atoms with Crippen molar-refractivity contribution in [3.63, 3.8) is 0 Å². The SMILES string of the molecule is N#CCN1CCC[C@@H](CO)C1. The molecular weight excluding hydrogens is 140 g/mol. The van der Waals surface area contributed by atoms with Gasteiger partial charge in [-0.3, -0.25) is 4.90 Å². The molecule has 0 saturated carbocycles. The normalized spacial score (nSPS) is 26.4. The highest BCUT2D eigenvalue weighted by Gasteiger charge is 2.17. The molecule has 3 heteroatoms. The summed E-state index contributed by atoms with van der Waals surface area (Å²) in [5.41, 5.74) is 0. The van der Waals surface area contributed by atoms with Gasteiger partial charge in [-0.1, -0.05) is 0 Å². The van der Waals surface area contributed by atoms with E-state index in [0.717, 1.165) is 25.9 Å². The van der Waals surface area contributed by atoms with Gasteiger partial charge in [0.05, 0.1) is 12.6 Å². The Bertz CT molecular complexity index is 153. The number of piperidine rings is 1. The molecule has 3 nitrogen and oxygen atoms in total.